The predicted molar refractivity (Wildman–Crippen MR) is 101 cm³/mol. The van der Waals surface area contributed by atoms with Gasteiger partial charge in [0, 0.05) is 31.4 Å². The number of amides is 2. The van der Waals surface area contributed by atoms with Gasteiger partial charge in [-0.3, -0.25) is 19.9 Å². The summed E-state index contributed by atoms with van der Waals surface area (Å²) in [4.78, 5) is 23.9. The molecule has 4 N–H and O–H groups in total. The van der Waals surface area contributed by atoms with E-state index in [9.17, 15) is 9.59 Å². The Hall–Kier alpha value is -0.890. The predicted octanol–water partition coefficient (Wildman–Crippen LogP) is 0.693. The zero-order valence-corrected chi connectivity index (χ0v) is 16.4. The molecule has 0 spiro atoms. The number of halogens is 1. The third-order valence-electron chi connectivity index (χ3n) is 5.83. The monoisotopic (exact) mass is 385 g/mol. The fraction of sp³-hybridized carbons (Fsp3) is 0.889. The maximum atomic E-state index is 12.4. The highest BCUT2D eigenvalue weighted by Crippen LogP contribution is 2.23. The minimum atomic E-state index is -0.325. The van der Waals surface area contributed by atoms with Gasteiger partial charge in [-0.15, -0.1) is 11.6 Å². The molecule has 0 aromatic heterocycles. The summed E-state index contributed by atoms with van der Waals surface area (Å²) >= 11 is 6.26. The highest BCUT2D eigenvalue weighted by Gasteiger charge is 2.30. The molecule has 1 saturated carbocycles. The number of hydrazine groups is 1. The molecule has 26 heavy (non-hydrogen) atoms. The van der Waals surface area contributed by atoms with E-state index < -0.39 is 0 Å². The lowest BCUT2D eigenvalue weighted by molar-refractivity contribution is -0.140. The Labute approximate surface area is 160 Å². The zero-order chi connectivity index (χ0) is 18.5. The lowest BCUT2D eigenvalue weighted by Crippen LogP contribution is -2.60. The molecule has 7 nitrogen and oxygen atoms in total. The van der Waals surface area contributed by atoms with E-state index in [4.69, 9.17) is 11.6 Å². The molecule has 0 aromatic rings. The van der Waals surface area contributed by atoms with E-state index in [0.29, 0.717) is 30.2 Å². The molecule has 3 fully saturated rings. The molecule has 2 heterocycles. The Morgan fingerprint density at radius 3 is 2.81 bits per heavy atom. The Balaban J connectivity index is 1.33. The number of carbonyl (C=O) groups is 2. The van der Waals surface area contributed by atoms with Crippen LogP contribution in [-0.2, 0) is 9.59 Å². The first kappa shape index (κ1) is 19.9. The molecule has 2 aliphatic heterocycles. The van der Waals surface area contributed by atoms with Crippen LogP contribution in [0.15, 0.2) is 0 Å². The lowest BCUT2D eigenvalue weighted by Gasteiger charge is -2.35. The third kappa shape index (κ3) is 5.55. The first-order valence-electron chi connectivity index (χ1n) is 9.95. The van der Waals surface area contributed by atoms with E-state index in [1.54, 1.807) is 7.05 Å². The minimum Gasteiger partial charge on any atom is -0.339 e. The van der Waals surface area contributed by atoms with Crippen LogP contribution in [0.2, 0.25) is 0 Å². The third-order valence-corrected chi connectivity index (χ3v) is 6.22. The van der Waals surface area contributed by atoms with Crippen molar-refractivity contribution in [1.29, 1.82) is 0 Å². The second-order valence-electron chi connectivity index (χ2n) is 7.95. The molecular weight excluding hydrogens is 354 g/mol. The van der Waals surface area contributed by atoms with Gasteiger partial charge in [-0.25, -0.2) is 5.43 Å². The molecular formula is C18H32ClN5O2. The van der Waals surface area contributed by atoms with Crippen LogP contribution < -0.4 is 21.4 Å². The molecule has 5 unspecified atom stereocenters. The van der Waals surface area contributed by atoms with Gasteiger partial charge in [0.2, 0.25) is 11.8 Å². The highest BCUT2D eigenvalue weighted by molar-refractivity contribution is 6.20. The van der Waals surface area contributed by atoms with Crippen LogP contribution in [0.25, 0.3) is 0 Å². The smallest absolute Gasteiger partial charge is 0.240 e. The van der Waals surface area contributed by atoms with Gasteiger partial charge < -0.3 is 10.6 Å². The first-order valence-corrected chi connectivity index (χ1v) is 10.4. The van der Waals surface area contributed by atoms with E-state index in [1.165, 1.54) is 17.9 Å². The van der Waals surface area contributed by atoms with Crippen LogP contribution in [0.1, 0.15) is 51.4 Å². The molecule has 0 bridgehead atoms. The van der Waals surface area contributed by atoms with Crippen LogP contribution in [0.3, 0.4) is 0 Å². The topological polar surface area (TPSA) is 85.5 Å². The van der Waals surface area contributed by atoms with Crippen LogP contribution in [-0.4, -0.2) is 60.6 Å². The summed E-state index contributed by atoms with van der Waals surface area (Å²) in [5.74, 6) is 0.586. The van der Waals surface area contributed by atoms with Crippen molar-refractivity contribution in [3.05, 3.63) is 0 Å². The van der Waals surface area contributed by atoms with Crippen molar-refractivity contribution in [2.45, 2.75) is 75.0 Å². The Kier molecular flexibility index (Phi) is 7.14. The number of hydrogen-bond acceptors (Lipinski definition) is 5. The number of hydrogen-bond donors (Lipinski definition) is 4. The van der Waals surface area contributed by atoms with Crippen LogP contribution in [0.5, 0.6) is 0 Å². The molecule has 1 aliphatic carbocycles. The van der Waals surface area contributed by atoms with Crippen molar-refractivity contribution >= 4 is 23.4 Å². The van der Waals surface area contributed by atoms with Crippen molar-refractivity contribution in [2.24, 2.45) is 5.92 Å². The second-order valence-corrected chi connectivity index (χ2v) is 8.57. The highest BCUT2D eigenvalue weighted by atomic mass is 35.5. The molecule has 3 rings (SSSR count). The average Bonchev–Trinajstić information content (AvgIpc) is 2.63. The van der Waals surface area contributed by atoms with Crippen LogP contribution in [0.4, 0.5) is 0 Å². The van der Waals surface area contributed by atoms with Gasteiger partial charge in [-0.1, -0.05) is 6.42 Å². The van der Waals surface area contributed by atoms with Crippen molar-refractivity contribution in [2.75, 3.05) is 20.1 Å². The standard InChI is InChI=1S/C18H32ClN5O2/c1-24-17(25)8-6-15(23-24)18(26)22-16-7-5-12(11-21-16)10-20-14-4-2-3-13(19)9-14/h12-16,20-21,23H,2-11H2,1H3,(H,22,26). The molecule has 8 heteroatoms. The zero-order valence-electron chi connectivity index (χ0n) is 15.6. The van der Waals surface area contributed by atoms with Gasteiger partial charge in [0.05, 0.1) is 6.17 Å². The van der Waals surface area contributed by atoms with Gasteiger partial charge >= 0.3 is 0 Å². The normalized spacial score (nSPS) is 36.0. The van der Waals surface area contributed by atoms with E-state index in [1.807, 2.05) is 0 Å². The van der Waals surface area contributed by atoms with Crippen LogP contribution in [0, 0.1) is 5.92 Å². The summed E-state index contributed by atoms with van der Waals surface area (Å²) in [5, 5.41) is 11.9. The van der Waals surface area contributed by atoms with E-state index in [-0.39, 0.29) is 24.0 Å². The SMILES string of the molecule is CN1NC(C(=O)NC2CCC(CNC3CCCC(Cl)C3)CN2)CCC1=O. The minimum absolute atomic E-state index is 0.0189. The van der Waals surface area contributed by atoms with Crippen molar-refractivity contribution < 1.29 is 9.59 Å². The van der Waals surface area contributed by atoms with E-state index in [2.05, 4.69) is 21.4 Å². The summed E-state index contributed by atoms with van der Waals surface area (Å²) < 4.78 is 0. The Morgan fingerprint density at radius 1 is 1.27 bits per heavy atom. The Bertz CT molecular complexity index is 498. The molecule has 3 aliphatic rings. The van der Waals surface area contributed by atoms with E-state index in [0.717, 1.165) is 38.8 Å². The molecule has 0 aromatic carbocycles. The maximum Gasteiger partial charge on any atom is 0.240 e. The van der Waals surface area contributed by atoms with Crippen molar-refractivity contribution in [3.8, 4) is 0 Å². The molecule has 2 saturated heterocycles. The van der Waals surface area contributed by atoms with Gasteiger partial charge in [0.1, 0.15) is 6.04 Å². The second kappa shape index (κ2) is 9.35. The van der Waals surface area contributed by atoms with Gasteiger partial charge in [0.15, 0.2) is 0 Å². The number of nitrogens with zero attached hydrogens (tertiary/aromatic N) is 1. The maximum absolute atomic E-state index is 12.4. The number of carbonyl (C=O) groups excluding carboxylic acids is 2. The molecule has 148 valence electrons. The molecule has 5 atom stereocenters. The van der Waals surface area contributed by atoms with E-state index >= 15 is 0 Å². The molecule has 0 radical (unpaired) electrons. The molecule has 2 amide bonds. The summed E-state index contributed by atoms with van der Waals surface area (Å²) in [6.07, 6.45) is 7.69. The summed E-state index contributed by atoms with van der Waals surface area (Å²) in [7, 11) is 1.66. The van der Waals surface area contributed by atoms with Crippen molar-refractivity contribution in [1.82, 2.24) is 26.4 Å². The van der Waals surface area contributed by atoms with Crippen molar-refractivity contribution in [3.63, 3.8) is 0 Å². The summed E-state index contributed by atoms with van der Waals surface area (Å²) in [5.41, 5.74) is 2.95. The first-order chi connectivity index (χ1) is 12.5. The average molecular weight is 386 g/mol. The summed E-state index contributed by atoms with van der Waals surface area (Å²) in [6, 6.07) is 0.231. The van der Waals surface area contributed by atoms with Crippen LogP contribution >= 0.6 is 11.6 Å². The fourth-order valence-corrected chi connectivity index (χ4v) is 4.50. The van der Waals surface area contributed by atoms with Gasteiger partial charge in [0.25, 0.3) is 0 Å². The fourth-order valence-electron chi connectivity index (χ4n) is 4.13. The number of piperidine rings is 1. The summed E-state index contributed by atoms with van der Waals surface area (Å²) in [6.45, 7) is 1.92. The largest absolute Gasteiger partial charge is 0.339 e. The van der Waals surface area contributed by atoms with Gasteiger partial charge in [-0.05, 0) is 51.0 Å². The quantitative estimate of drug-likeness (QED) is 0.523. The van der Waals surface area contributed by atoms with Gasteiger partial charge in [-0.2, -0.15) is 0 Å². The number of alkyl halides is 1. The Morgan fingerprint density at radius 2 is 2.12 bits per heavy atom. The lowest BCUT2D eigenvalue weighted by atomic mass is 9.93. The number of rotatable bonds is 5. The number of nitrogens with one attached hydrogen (secondary N) is 4.